The number of benzene rings is 5. The van der Waals surface area contributed by atoms with Crippen LogP contribution in [0.4, 0.5) is 0 Å². The molecule has 190 valence electrons. The van der Waals surface area contributed by atoms with E-state index in [-0.39, 0.29) is 0 Å². The average Bonchev–Trinajstić information content (AvgIpc) is 2.97. The summed E-state index contributed by atoms with van der Waals surface area (Å²) < 4.78 is 13.3. The van der Waals surface area contributed by atoms with Crippen molar-refractivity contribution in [2.45, 2.75) is 39.4 Å². The summed E-state index contributed by atoms with van der Waals surface area (Å²) in [5.74, 6) is 1.80. The zero-order chi connectivity index (χ0) is 26.3. The Labute approximate surface area is 225 Å². The lowest BCUT2D eigenvalue weighted by Crippen LogP contribution is -2.03. The van der Waals surface area contributed by atoms with E-state index < -0.39 is 0 Å². The van der Waals surface area contributed by atoms with Gasteiger partial charge < -0.3 is 9.47 Å². The van der Waals surface area contributed by atoms with E-state index >= 15 is 0 Å². The third-order valence-electron chi connectivity index (χ3n) is 7.01. The number of ether oxygens (including phenoxy) is 2. The Kier molecular flexibility index (Phi) is 7.89. The molecule has 5 aromatic rings. The molecule has 0 amide bonds. The van der Waals surface area contributed by atoms with Gasteiger partial charge in [-0.15, -0.1) is 0 Å². The summed E-state index contributed by atoms with van der Waals surface area (Å²) in [4.78, 5) is 0. The quantitative estimate of drug-likeness (QED) is 0.169. The van der Waals surface area contributed by atoms with Crippen LogP contribution in [-0.4, -0.2) is 0 Å². The first kappa shape index (κ1) is 25.4. The predicted molar refractivity (Wildman–Crippen MR) is 162 cm³/mol. The van der Waals surface area contributed by atoms with Gasteiger partial charge in [0, 0.05) is 5.39 Å². The van der Waals surface area contributed by atoms with Crippen molar-refractivity contribution in [1.82, 2.24) is 0 Å². The first-order valence-corrected chi connectivity index (χ1v) is 13.4. The lowest BCUT2D eigenvalue weighted by Gasteiger charge is -2.19. The van der Waals surface area contributed by atoms with Gasteiger partial charge >= 0.3 is 0 Å². The number of hydrogen-bond donors (Lipinski definition) is 0. The zero-order valence-electron chi connectivity index (χ0n) is 22.1. The van der Waals surface area contributed by atoms with E-state index in [0.29, 0.717) is 13.2 Å². The van der Waals surface area contributed by atoms with E-state index in [0.717, 1.165) is 74.6 Å². The molecule has 0 aliphatic heterocycles. The van der Waals surface area contributed by atoms with Crippen LogP contribution in [0, 0.1) is 0 Å². The molecule has 0 heterocycles. The van der Waals surface area contributed by atoms with Gasteiger partial charge in [-0.25, -0.2) is 0 Å². The van der Waals surface area contributed by atoms with Crippen LogP contribution >= 0.6 is 0 Å². The Bertz CT molecular complexity index is 1560. The standard InChI is InChI=1S/C36H34O2/c1-4-7-10-30-21-22-32-23-31-11-8-9-12-33(31)36(38-25-29-19-15-27(6-3)16-20-29)34(32)35(30)37-24-28-17-13-26(5-2)14-18-28/h5-6,8-9,11-23H,2-4,7,10,24-25H2,1H3. The largest absolute Gasteiger partial charge is 0.488 e. The molecule has 0 bridgehead atoms. The maximum Gasteiger partial charge on any atom is 0.139 e. The van der Waals surface area contributed by atoms with Crippen molar-refractivity contribution in [3.05, 3.63) is 132 Å². The second-order valence-electron chi connectivity index (χ2n) is 9.65. The Morgan fingerprint density at radius 1 is 0.658 bits per heavy atom. The van der Waals surface area contributed by atoms with E-state index in [1.807, 2.05) is 12.2 Å². The molecule has 5 rings (SSSR count). The van der Waals surface area contributed by atoms with Crippen LogP contribution in [0.15, 0.2) is 104 Å². The predicted octanol–water partition coefficient (Wildman–Crippen LogP) is 9.78. The van der Waals surface area contributed by atoms with Crippen LogP contribution in [0.1, 0.15) is 47.6 Å². The molecule has 0 radical (unpaired) electrons. The van der Waals surface area contributed by atoms with Crippen LogP contribution < -0.4 is 9.47 Å². The fourth-order valence-electron chi connectivity index (χ4n) is 4.82. The van der Waals surface area contributed by atoms with Gasteiger partial charge in [0.15, 0.2) is 0 Å². The molecule has 0 spiro atoms. The van der Waals surface area contributed by atoms with Gasteiger partial charge in [0.05, 0.1) is 5.39 Å². The molecule has 0 aliphatic carbocycles. The Morgan fingerprint density at radius 2 is 1.26 bits per heavy atom. The molecule has 38 heavy (non-hydrogen) atoms. The maximum absolute atomic E-state index is 6.66. The molecule has 0 saturated carbocycles. The van der Waals surface area contributed by atoms with Crippen LogP contribution in [0.3, 0.4) is 0 Å². The summed E-state index contributed by atoms with van der Waals surface area (Å²) >= 11 is 0. The molecule has 0 aliphatic rings. The van der Waals surface area contributed by atoms with Gasteiger partial charge in [0.1, 0.15) is 24.7 Å². The summed E-state index contributed by atoms with van der Waals surface area (Å²) in [5, 5.41) is 4.42. The minimum Gasteiger partial charge on any atom is -0.488 e. The first-order valence-electron chi connectivity index (χ1n) is 13.4. The molecule has 0 N–H and O–H groups in total. The molecular weight excluding hydrogens is 464 g/mol. The third-order valence-corrected chi connectivity index (χ3v) is 7.01. The van der Waals surface area contributed by atoms with Crippen LogP contribution in [-0.2, 0) is 19.6 Å². The lowest BCUT2D eigenvalue weighted by molar-refractivity contribution is 0.298. The molecule has 5 aromatic carbocycles. The van der Waals surface area contributed by atoms with Gasteiger partial charge in [-0.1, -0.05) is 124 Å². The average molecular weight is 499 g/mol. The number of aryl methyl sites for hydroxylation is 1. The van der Waals surface area contributed by atoms with Crippen molar-refractivity contribution < 1.29 is 9.47 Å². The SMILES string of the molecule is C=Cc1ccc(COc2c(CCCC)ccc3cc4ccccc4c(OCc4ccc(C=C)cc4)c23)cc1. The topological polar surface area (TPSA) is 18.5 Å². The van der Waals surface area contributed by atoms with Crippen LogP contribution in [0.2, 0.25) is 0 Å². The fourth-order valence-corrected chi connectivity index (χ4v) is 4.82. The van der Waals surface area contributed by atoms with Crippen molar-refractivity contribution in [3.8, 4) is 11.5 Å². The van der Waals surface area contributed by atoms with Crippen molar-refractivity contribution in [1.29, 1.82) is 0 Å². The highest BCUT2D eigenvalue weighted by Gasteiger charge is 2.18. The van der Waals surface area contributed by atoms with E-state index in [4.69, 9.17) is 9.47 Å². The summed E-state index contributed by atoms with van der Waals surface area (Å²) in [6, 6.07) is 31.8. The van der Waals surface area contributed by atoms with E-state index in [2.05, 4.69) is 111 Å². The molecule has 0 atom stereocenters. The fraction of sp³-hybridized carbons (Fsp3) is 0.167. The second kappa shape index (κ2) is 11.8. The second-order valence-corrected chi connectivity index (χ2v) is 9.65. The van der Waals surface area contributed by atoms with Gasteiger partial charge in [0.2, 0.25) is 0 Å². The lowest BCUT2D eigenvalue weighted by atomic mass is 9.97. The summed E-state index contributed by atoms with van der Waals surface area (Å²) in [5.41, 5.74) is 5.66. The monoisotopic (exact) mass is 498 g/mol. The molecule has 0 saturated heterocycles. The first-order chi connectivity index (χ1) is 18.7. The Balaban J connectivity index is 1.60. The van der Waals surface area contributed by atoms with E-state index in [1.165, 1.54) is 5.56 Å². The Hall–Kier alpha value is -4.30. The third kappa shape index (κ3) is 5.50. The smallest absolute Gasteiger partial charge is 0.139 e. The Morgan fingerprint density at radius 3 is 1.87 bits per heavy atom. The minimum absolute atomic E-state index is 0.474. The number of unbranched alkanes of at least 4 members (excludes halogenated alkanes) is 1. The molecule has 0 fully saturated rings. The summed E-state index contributed by atoms with van der Waals surface area (Å²) in [7, 11) is 0. The molecule has 2 heteroatoms. The highest BCUT2D eigenvalue weighted by molar-refractivity contribution is 6.08. The van der Waals surface area contributed by atoms with Gasteiger partial charge in [-0.2, -0.15) is 0 Å². The maximum atomic E-state index is 6.66. The highest BCUT2D eigenvalue weighted by atomic mass is 16.5. The van der Waals surface area contributed by atoms with Gasteiger partial charge in [-0.05, 0) is 57.5 Å². The number of fused-ring (bicyclic) bond motifs is 2. The number of rotatable bonds is 11. The van der Waals surface area contributed by atoms with E-state index in [1.54, 1.807) is 0 Å². The molecule has 0 unspecified atom stereocenters. The minimum atomic E-state index is 0.474. The van der Waals surface area contributed by atoms with E-state index in [9.17, 15) is 0 Å². The van der Waals surface area contributed by atoms with Gasteiger partial charge in [-0.3, -0.25) is 0 Å². The number of hydrogen-bond acceptors (Lipinski definition) is 2. The molecule has 0 aromatic heterocycles. The molecule has 2 nitrogen and oxygen atoms in total. The van der Waals surface area contributed by atoms with Crippen molar-refractivity contribution in [2.24, 2.45) is 0 Å². The zero-order valence-corrected chi connectivity index (χ0v) is 22.1. The highest BCUT2D eigenvalue weighted by Crippen LogP contribution is 2.43. The van der Waals surface area contributed by atoms with Crippen LogP contribution in [0.5, 0.6) is 11.5 Å². The summed E-state index contributed by atoms with van der Waals surface area (Å²) in [6.45, 7) is 10.9. The van der Waals surface area contributed by atoms with Crippen molar-refractivity contribution in [2.75, 3.05) is 0 Å². The summed E-state index contributed by atoms with van der Waals surface area (Å²) in [6.07, 6.45) is 6.91. The molecular formula is C36H34O2. The van der Waals surface area contributed by atoms with Gasteiger partial charge in [0.25, 0.3) is 0 Å². The van der Waals surface area contributed by atoms with Crippen molar-refractivity contribution >= 4 is 33.7 Å². The van der Waals surface area contributed by atoms with Crippen molar-refractivity contribution in [3.63, 3.8) is 0 Å². The normalized spacial score (nSPS) is 11.0. The van der Waals surface area contributed by atoms with Crippen LogP contribution in [0.25, 0.3) is 33.7 Å².